The molecule has 7 heteroatoms. The number of amides is 1. The summed E-state index contributed by atoms with van der Waals surface area (Å²) in [5.74, 6) is -0.440. The van der Waals surface area contributed by atoms with Crippen molar-refractivity contribution in [2.45, 2.75) is 0 Å². The second kappa shape index (κ2) is 7.77. The lowest BCUT2D eigenvalue weighted by molar-refractivity contribution is 0.0696. The molecule has 0 spiro atoms. The lowest BCUT2D eigenvalue weighted by Crippen LogP contribution is -2.17. The Morgan fingerprint density at radius 2 is 1.58 bits per heavy atom. The van der Waals surface area contributed by atoms with Crippen molar-refractivity contribution >= 4 is 18.1 Å². The van der Waals surface area contributed by atoms with E-state index in [-0.39, 0.29) is 5.56 Å². The van der Waals surface area contributed by atoms with Gasteiger partial charge >= 0.3 is 5.97 Å². The Hall–Kier alpha value is -3.35. The number of carbonyl (C=O) groups is 2. The van der Waals surface area contributed by atoms with Gasteiger partial charge in [-0.2, -0.15) is 5.10 Å². The van der Waals surface area contributed by atoms with Gasteiger partial charge in [-0.1, -0.05) is 12.1 Å². The van der Waals surface area contributed by atoms with Gasteiger partial charge in [0.2, 0.25) is 0 Å². The summed E-state index contributed by atoms with van der Waals surface area (Å²) in [6.07, 6.45) is 1.42. The van der Waals surface area contributed by atoms with Crippen LogP contribution < -0.4 is 14.9 Å². The Labute approximate surface area is 138 Å². The highest BCUT2D eigenvalue weighted by molar-refractivity contribution is 5.95. The first-order chi connectivity index (χ1) is 11.5. The van der Waals surface area contributed by atoms with Crippen LogP contribution >= 0.6 is 0 Å². The molecule has 7 nitrogen and oxygen atoms in total. The molecule has 2 aromatic rings. The fourth-order valence-electron chi connectivity index (χ4n) is 1.88. The number of hydrogen-bond acceptors (Lipinski definition) is 5. The molecule has 124 valence electrons. The van der Waals surface area contributed by atoms with Crippen LogP contribution in [0.1, 0.15) is 26.3 Å². The van der Waals surface area contributed by atoms with Gasteiger partial charge in [0.15, 0.2) is 0 Å². The van der Waals surface area contributed by atoms with Gasteiger partial charge in [0.05, 0.1) is 26.0 Å². The molecule has 1 amide bonds. The molecule has 0 aliphatic rings. The maximum atomic E-state index is 12.1. The fraction of sp³-hybridized carbons (Fsp3) is 0.118. The van der Waals surface area contributed by atoms with Crippen LogP contribution in [0, 0.1) is 0 Å². The van der Waals surface area contributed by atoms with E-state index in [0.717, 1.165) is 0 Å². The normalized spacial score (nSPS) is 10.4. The first-order valence-electron chi connectivity index (χ1n) is 6.93. The lowest BCUT2D eigenvalue weighted by atomic mass is 10.1. The minimum absolute atomic E-state index is 0.180. The zero-order valence-corrected chi connectivity index (χ0v) is 13.1. The second-order valence-corrected chi connectivity index (χ2v) is 4.73. The predicted octanol–water partition coefficient (Wildman–Crippen LogP) is 2.17. The van der Waals surface area contributed by atoms with Crippen molar-refractivity contribution < 1.29 is 24.2 Å². The Balaban J connectivity index is 2.05. The van der Waals surface area contributed by atoms with Gasteiger partial charge in [-0.3, -0.25) is 4.79 Å². The Morgan fingerprint density at radius 1 is 1.00 bits per heavy atom. The van der Waals surface area contributed by atoms with E-state index in [1.807, 2.05) is 0 Å². The van der Waals surface area contributed by atoms with Gasteiger partial charge in [-0.25, -0.2) is 10.2 Å². The van der Waals surface area contributed by atoms with E-state index < -0.39 is 11.9 Å². The van der Waals surface area contributed by atoms with Gasteiger partial charge < -0.3 is 14.6 Å². The summed E-state index contributed by atoms with van der Waals surface area (Å²) in [5.41, 5.74) is 3.56. The molecular formula is C17H16N2O5. The topological polar surface area (TPSA) is 97.2 Å². The first kappa shape index (κ1) is 17.0. The van der Waals surface area contributed by atoms with E-state index >= 15 is 0 Å². The number of carboxylic acid groups (broad SMARTS) is 1. The largest absolute Gasteiger partial charge is 0.497 e. The summed E-state index contributed by atoms with van der Waals surface area (Å²) in [4.78, 5) is 22.9. The monoisotopic (exact) mass is 328 g/mol. The molecule has 0 aliphatic heterocycles. The van der Waals surface area contributed by atoms with E-state index in [1.165, 1.54) is 32.6 Å². The SMILES string of the molecule is COc1cc(OC)cc(C(=O)N/N=C/c2ccc(C(=O)O)cc2)c1. The highest BCUT2D eigenvalue weighted by Crippen LogP contribution is 2.22. The maximum Gasteiger partial charge on any atom is 0.335 e. The summed E-state index contributed by atoms with van der Waals surface area (Å²) in [5, 5.41) is 12.7. The molecule has 0 saturated heterocycles. The zero-order chi connectivity index (χ0) is 17.5. The third-order valence-electron chi connectivity index (χ3n) is 3.15. The summed E-state index contributed by atoms with van der Waals surface area (Å²) < 4.78 is 10.2. The van der Waals surface area contributed by atoms with Crippen molar-refractivity contribution in [2.75, 3.05) is 14.2 Å². The molecule has 0 aliphatic carbocycles. The van der Waals surface area contributed by atoms with Crippen LogP contribution in [0.2, 0.25) is 0 Å². The number of hydrazone groups is 1. The predicted molar refractivity (Wildman–Crippen MR) is 88.0 cm³/mol. The first-order valence-corrected chi connectivity index (χ1v) is 6.93. The van der Waals surface area contributed by atoms with Crippen molar-refractivity contribution in [1.29, 1.82) is 0 Å². The molecule has 0 atom stereocenters. The quantitative estimate of drug-likeness (QED) is 0.625. The highest BCUT2D eigenvalue weighted by atomic mass is 16.5. The number of nitrogens with one attached hydrogen (secondary N) is 1. The van der Waals surface area contributed by atoms with Crippen molar-refractivity contribution in [3.63, 3.8) is 0 Å². The van der Waals surface area contributed by atoms with E-state index in [2.05, 4.69) is 10.5 Å². The molecule has 0 bridgehead atoms. The highest BCUT2D eigenvalue weighted by Gasteiger charge is 2.09. The number of nitrogens with zero attached hydrogens (tertiary/aromatic N) is 1. The standard InChI is InChI=1S/C17H16N2O5/c1-23-14-7-13(8-15(9-14)24-2)16(20)19-18-10-11-3-5-12(6-4-11)17(21)22/h3-10H,1-2H3,(H,19,20)(H,21,22)/b18-10+. The molecule has 2 N–H and O–H groups in total. The number of carbonyl (C=O) groups excluding carboxylic acids is 1. The molecule has 2 aromatic carbocycles. The van der Waals surface area contributed by atoms with Crippen molar-refractivity contribution in [1.82, 2.24) is 5.43 Å². The number of rotatable bonds is 6. The van der Waals surface area contributed by atoms with Crippen molar-refractivity contribution in [2.24, 2.45) is 5.10 Å². The second-order valence-electron chi connectivity index (χ2n) is 4.73. The molecule has 24 heavy (non-hydrogen) atoms. The van der Waals surface area contributed by atoms with Crippen LogP contribution in [0.5, 0.6) is 11.5 Å². The molecule has 0 saturated carbocycles. The van der Waals surface area contributed by atoms with Crippen LogP contribution in [0.3, 0.4) is 0 Å². The van der Waals surface area contributed by atoms with E-state index in [4.69, 9.17) is 14.6 Å². The number of carboxylic acids is 1. The third kappa shape index (κ3) is 4.33. The van der Waals surface area contributed by atoms with Gasteiger partial charge in [-0.15, -0.1) is 0 Å². The van der Waals surface area contributed by atoms with E-state index in [0.29, 0.717) is 22.6 Å². The number of benzene rings is 2. The smallest absolute Gasteiger partial charge is 0.335 e. The van der Waals surface area contributed by atoms with Crippen molar-refractivity contribution in [3.8, 4) is 11.5 Å². The molecule has 0 fully saturated rings. The van der Waals surface area contributed by atoms with Gasteiger partial charge in [0.1, 0.15) is 11.5 Å². The van der Waals surface area contributed by atoms with Crippen LogP contribution in [0.25, 0.3) is 0 Å². The minimum Gasteiger partial charge on any atom is -0.497 e. The Kier molecular flexibility index (Phi) is 5.51. The number of hydrogen-bond donors (Lipinski definition) is 2. The molecule has 0 unspecified atom stereocenters. The van der Waals surface area contributed by atoms with Gasteiger partial charge in [0, 0.05) is 11.6 Å². The van der Waals surface area contributed by atoms with E-state index in [9.17, 15) is 9.59 Å². The van der Waals surface area contributed by atoms with Gasteiger partial charge in [-0.05, 0) is 29.8 Å². The Bertz CT molecular complexity index is 747. The molecule has 0 radical (unpaired) electrons. The molecule has 0 heterocycles. The van der Waals surface area contributed by atoms with Crippen LogP contribution in [-0.2, 0) is 0 Å². The van der Waals surface area contributed by atoms with Crippen LogP contribution in [-0.4, -0.2) is 37.4 Å². The van der Waals surface area contributed by atoms with Crippen molar-refractivity contribution in [3.05, 3.63) is 59.2 Å². The van der Waals surface area contributed by atoms with Gasteiger partial charge in [0.25, 0.3) is 5.91 Å². The lowest BCUT2D eigenvalue weighted by Gasteiger charge is -2.07. The number of methoxy groups -OCH3 is 2. The summed E-state index contributed by atoms with van der Waals surface area (Å²) in [6, 6.07) is 10.9. The fourth-order valence-corrected chi connectivity index (χ4v) is 1.88. The number of aromatic carboxylic acids is 1. The van der Waals surface area contributed by atoms with Crippen LogP contribution in [0.15, 0.2) is 47.6 Å². The molecule has 0 aromatic heterocycles. The summed E-state index contributed by atoms with van der Waals surface area (Å²) in [6.45, 7) is 0. The Morgan fingerprint density at radius 3 is 2.08 bits per heavy atom. The average Bonchev–Trinajstić information content (AvgIpc) is 2.61. The molecule has 2 rings (SSSR count). The molecular weight excluding hydrogens is 312 g/mol. The third-order valence-corrected chi connectivity index (χ3v) is 3.15. The van der Waals surface area contributed by atoms with E-state index in [1.54, 1.807) is 30.3 Å². The summed E-state index contributed by atoms with van der Waals surface area (Å²) >= 11 is 0. The maximum absolute atomic E-state index is 12.1. The zero-order valence-electron chi connectivity index (χ0n) is 13.1. The average molecular weight is 328 g/mol. The minimum atomic E-state index is -1.00. The summed E-state index contributed by atoms with van der Waals surface area (Å²) in [7, 11) is 2.99. The van der Waals surface area contributed by atoms with Crippen LogP contribution in [0.4, 0.5) is 0 Å². The number of ether oxygens (including phenoxy) is 2.